The van der Waals surface area contributed by atoms with E-state index in [-0.39, 0.29) is 16.6 Å². The number of carbonyl (C=O) groups is 1. The molecule has 0 spiro atoms. The number of carbonyl (C=O) groups excluding carboxylic acids is 1. The van der Waals surface area contributed by atoms with Crippen LogP contribution in [0.25, 0.3) is 0 Å². The molecule has 1 heterocycles. The van der Waals surface area contributed by atoms with Gasteiger partial charge in [0.25, 0.3) is 10.0 Å². The standard InChI is InChI=1S/C19H21N3O3S/c1-3-15-12-19(15,2)18(23)22-26(24,25)16-10-7-11-20-17(16)21-13-14-8-5-4-6-9-14/h3-11,15H,1,12-13H2,2H3,(H,20,21)(H,22,23)/t15-,19+/m1/s1. The van der Waals surface area contributed by atoms with Crippen LogP contribution in [0.3, 0.4) is 0 Å². The van der Waals surface area contributed by atoms with Crippen molar-refractivity contribution in [1.29, 1.82) is 0 Å². The molecular formula is C19H21N3O3S. The van der Waals surface area contributed by atoms with Gasteiger partial charge in [0.1, 0.15) is 10.7 Å². The minimum absolute atomic E-state index is 0.00211. The molecule has 2 atom stereocenters. The first kappa shape index (κ1) is 18.1. The number of pyridine rings is 1. The fourth-order valence-corrected chi connectivity index (χ4v) is 4.04. The van der Waals surface area contributed by atoms with E-state index < -0.39 is 21.3 Å². The van der Waals surface area contributed by atoms with Gasteiger partial charge in [-0.2, -0.15) is 0 Å². The molecule has 0 unspecified atom stereocenters. The highest BCUT2D eigenvalue weighted by molar-refractivity contribution is 7.90. The summed E-state index contributed by atoms with van der Waals surface area (Å²) >= 11 is 0. The predicted molar refractivity (Wildman–Crippen MR) is 99.7 cm³/mol. The summed E-state index contributed by atoms with van der Waals surface area (Å²) in [6.07, 6.45) is 3.79. The van der Waals surface area contributed by atoms with E-state index in [2.05, 4.69) is 21.6 Å². The van der Waals surface area contributed by atoms with Crippen molar-refractivity contribution in [3.8, 4) is 0 Å². The summed E-state index contributed by atoms with van der Waals surface area (Å²) in [6, 6.07) is 12.5. The first-order valence-corrected chi connectivity index (χ1v) is 9.78. The minimum atomic E-state index is -4.03. The SMILES string of the molecule is C=C[C@@H]1C[C@]1(C)C(=O)NS(=O)(=O)c1cccnc1NCc1ccccc1. The molecule has 1 fully saturated rings. The zero-order valence-electron chi connectivity index (χ0n) is 14.5. The molecule has 2 N–H and O–H groups in total. The summed E-state index contributed by atoms with van der Waals surface area (Å²) in [5.41, 5.74) is 0.277. The Morgan fingerprint density at radius 3 is 2.69 bits per heavy atom. The van der Waals surface area contributed by atoms with Crippen LogP contribution in [0.4, 0.5) is 5.82 Å². The monoisotopic (exact) mass is 371 g/mol. The lowest BCUT2D eigenvalue weighted by atomic mass is 10.1. The van der Waals surface area contributed by atoms with Crippen LogP contribution in [0, 0.1) is 11.3 Å². The number of nitrogens with zero attached hydrogens (tertiary/aromatic N) is 1. The number of sulfonamides is 1. The maximum atomic E-state index is 12.7. The molecule has 7 heteroatoms. The van der Waals surface area contributed by atoms with Crippen molar-refractivity contribution in [2.75, 3.05) is 5.32 Å². The molecule has 1 aromatic heterocycles. The number of hydrogen-bond donors (Lipinski definition) is 2. The molecule has 1 saturated carbocycles. The Labute approximate surface area is 153 Å². The van der Waals surface area contributed by atoms with Gasteiger partial charge in [-0.1, -0.05) is 43.3 Å². The lowest BCUT2D eigenvalue weighted by Crippen LogP contribution is -2.36. The Balaban J connectivity index is 1.77. The Kier molecular flexibility index (Phi) is 4.82. The molecular weight excluding hydrogens is 350 g/mol. The highest BCUT2D eigenvalue weighted by Crippen LogP contribution is 2.53. The molecule has 0 saturated heterocycles. The molecule has 1 amide bonds. The minimum Gasteiger partial charge on any atom is -0.365 e. The molecule has 1 aliphatic carbocycles. The molecule has 1 aromatic carbocycles. The molecule has 0 aliphatic heterocycles. The summed E-state index contributed by atoms with van der Waals surface area (Å²) < 4.78 is 27.6. The van der Waals surface area contributed by atoms with Gasteiger partial charge in [-0.05, 0) is 30.0 Å². The van der Waals surface area contributed by atoms with Gasteiger partial charge in [0.2, 0.25) is 5.91 Å². The Morgan fingerprint density at radius 1 is 1.31 bits per heavy atom. The molecule has 6 nitrogen and oxygen atoms in total. The van der Waals surface area contributed by atoms with Gasteiger partial charge in [-0.15, -0.1) is 6.58 Å². The Morgan fingerprint density at radius 2 is 2.04 bits per heavy atom. The van der Waals surface area contributed by atoms with Crippen molar-refractivity contribution in [3.63, 3.8) is 0 Å². The second kappa shape index (κ2) is 6.92. The summed E-state index contributed by atoms with van der Waals surface area (Å²) in [7, 11) is -4.03. The zero-order valence-corrected chi connectivity index (χ0v) is 15.3. The Hall–Kier alpha value is -2.67. The lowest BCUT2D eigenvalue weighted by molar-refractivity contribution is -0.124. The number of hydrogen-bond acceptors (Lipinski definition) is 5. The Bertz CT molecular complexity index is 928. The summed E-state index contributed by atoms with van der Waals surface area (Å²) in [5, 5.41) is 3.03. The van der Waals surface area contributed by atoms with Crippen LogP contribution < -0.4 is 10.0 Å². The van der Waals surface area contributed by atoms with Crippen LogP contribution in [0.2, 0.25) is 0 Å². The number of rotatable bonds is 7. The summed E-state index contributed by atoms with van der Waals surface area (Å²) in [6.45, 7) is 5.83. The van der Waals surface area contributed by atoms with Gasteiger partial charge >= 0.3 is 0 Å². The van der Waals surface area contributed by atoms with Crippen molar-refractivity contribution < 1.29 is 13.2 Å². The predicted octanol–water partition coefficient (Wildman–Crippen LogP) is 2.71. The van der Waals surface area contributed by atoms with E-state index in [1.165, 1.54) is 18.3 Å². The maximum Gasteiger partial charge on any atom is 0.267 e. The molecule has 2 aromatic rings. The van der Waals surface area contributed by atoms with Crippen molar-refractivity contribution in [3.05, 3.63) is 66.9 Å². The van der Waals surface area contributed by atoms with Crippen molar-refractivity contribution in [1.82, 2.24) is 9.71 Å². The van der Waals surface area contributed by atoms with E-state index in [4.69, 9.17) is 0 Å². The van der Waals surface area contributed by atoms with Crippen molar-refractivity contribution in [2.45, 2.75) is 24.8 Å². The topological polar surface area (TPSA) is 88.2 Å². The molecule has 136 valence electrons. The van der Waals surface area contributed by atoms with Gasteiger partial charge in [0.15, 0.2) is 0 Å². The number of nitrogens with one attached hydrogen (secondary N) is 2. The van der Waals surface area contributed by atoms with Crippen LogP contribution in [0.1, 0.15) is 18.9 Å². The fourth-order valence-electron chi connectivity index (χ4n) is 2.82. The molecule has 3 rings (SSSR count). The average Bonchev–Trinajstić information content (AvgIpc) is 3.33. The molecule has 0 radical (unpaired) electrons. The third-order valence-electron chi connectivity index (χ3n) is 4.70. The third-order valence-corrected chi connectivity index (χ3v) is 6.06. The average molecular weight is 371 g/mol. The summed E-state index contributed by atoms with van der Waals surface area (Å²) in [4.78, 5) is 16.5. The van der Waals surface area contributed by atoms with E-state index in [1.54, 1.807) is 13.0 Å². The smallest absolute Gasteiger partial charge is 0.267 e. The zero-order chi connectivity index (χ0) is 18.8. The number of benzene rings is 1. The highest BCUT2D eigenvalue weighted by Gasteiger charge is 2.55. The number of aromatic nitrogens is 1. The van der Waals surface area contributed by atoms with E-state index in [1.807, 2.05) is 30.3 Å². The highest BCUT2D eigenvalue weighted by atomic mass is 32.2. The lowest BCUT2D eigenvalue weighted by Gasteiger charge is -2.14. The number of allylic oxidation sites excluding steroid dienone is 1. The molecule has 0 bridgehead atoms. The summed E-state index contributed by atoms with van der Waals surface area (Å²) in [5.74, 6) is -0.305. The van der Waals surface area contributed by atoms with Crippen LogP contribution >= 0.6 is 0 Å². The van der Waals surface area contributed by atoms with Gasteiger partial charge in [-0.3, -0.25) is 4.79 Å². The van der Waals surface area contributed by atoms with Crippen LogP contribution in [-0.2, 0) is 21.4 Å². The quantitative estimate of drug-likeness (QED) is 0.731. The van der Waals surface area contributed by atoms with Crippen LogP contribution in [-0.4, -0.2) is 19.3 Å². The number of amides is 1. The van der Waals surface area contributed by atoms with E-state index in [0.29, 0.717) is 13.0 Å². The molecule has 26 heavy (non-hydrogen) atoms. The van der Waals surface area contributed by atoms with Gasteiger partial charge in [-0.25, -0.2) is 18.1 Å². The van der Waals surface area contributed by atoms with E-state index >= 15 is 0 Å². The fraction of sp³-hybridized carbons (Fsp3) is 0.263. The van der Waals surface area contributed by atoms with Gasteiger partial charge in [0.05, 0.1) is 5.41 Å². The number of anilines is 1. The molecule has 1 aliphatic rings. The van der Waals surface area contributed by atoms with E-state index in [0.717, 1.165) is 5.56 Å². The largest absolute Gasteiger partial charge is 0.365 e. The maximum absolute atomic E-state index is 12.7. The normalized spacial score (nSPS) is 21.7. The first-order chi connectivity index (χ1) is 12.4. The van der Waals surface area contributed by atoms with Crippen LogP contribution in [0.5, 0.6) is 0 Å². The van der Waals surface area contributed by atoms with Gasteiger partial charge in [0, 0.05) is 12.7 Å². The second-order valence-electron chi connectivity index (χ2n) is 6.59. The second-order valence-corrected chi connectivity index (χ2v) is 8.24. The van der Waals surface area contributed by atoms with Crippen LogP contribution in [0.15, 0.2) is 66.2 Å². The van der Waals surface area contributed by atoms with E-state index in [9.17, 15) is 13.2 Å². The van der Waals surface area contributed by atoms with Gasteiger partial charge < -0.3 is 5.32 Å². The first-order valence-electron chi connectivity index (χ1n) is 8.29. The third kappa shape index (κ3) is 3.62. The van der Waals surface area contributed by atoms with Crippen molar-refractivity contribution >= 4 is 21.7 Å². The van der Waals surface area contributed by atoms with Crippen molar-refractivity contribution in [2.24, 2.45) is 11.3 Å².